The molecule has 0 bridgehead atoms. The molecule has 0 radical (unpaired) electrons. The number of nitrogens with zero attached hydrogens (tertiary/aromatic N) is 2. The molecule has 2 N–H and O–H groups in total. The van der Waals surface area contributed by atoms with Crippen molar-refractivity contribution in [1.29, 1.82) is 0 Å². The monoisotopic (exact) mass is 397 g/mol. The van der Waals surface area contributed by atoms with E-state index < -0.39 is 6.29 Å². The average molecular weight is 397 g/mol. The fourth-order valence-electron chi connectivity index (χ4n) is 4.63. The van der Waals surface area contributed by atoms with Crippen LogP contribution >= 0.6 is 0 Å². The van der Waals surface area contributed by atoms with Crippen molar-refractivity contribution in [2.24, 2.45) is 5.73 Å². The highest BCUT2D eigenvalue weighted by Gasteiger charge is 2.43. The molecule has 5 rings (SSSR count). The van der Waals surface area contributed by atoms with E-state index in [2.05, 4.69) is 29.2 Å². The molecular formula is C25H23N3O2. The Morgan fingerprint density at radius 2 is 1.53 bits per heavy atom. The summed E-state index contributed by atoms with van der Waals surface area (Å²) >= 11 is 0. The molecule has 5 nitrogen and oxygen atoms in total. The van der Waals surface area contributed by atoms with Gasteiger partial charge in [-0.15, -0.1) is 0 Å². The summed E-state index contributed by atoms with van der Waals surface area (Å²) in [7, 11) is 0. The van der Waals surface area contributed by atoms with Crippen LogP contribution in [0.25, 0.3) is 0 Å². The van der Waals surface area contributed by atoms with Crippen molar-refractivity contribution >= 4 is 17.4 Å². The Balaban J connectivity index is 1.48. The number of Topliss-reactive ketones (excluding diaryl/α,β-unsaturated/α-hetero) is 1. The first kappa shape index (κ1) is 18.6. The predicted molar refractivity (Wildman–Crippen MR) is 116 cm³/mol. The molecule has 2 unspecified atom stereocenters. The molecule has 0 aliphatic carbocycles. The first-order valence-electron chi connectivity index (χ1n) is 10.2. The number of para-hydroxylation sites is 1. The third-order valence-electron chi connectivity index (χ3n) is 6.10. The molecule has 1 fully saturated rings. The van der Waals surface area contributed by atoms with Gasteiger partial charge < -0.3 is 9.80 Å². The molecular weight excluding hydrogens is 374 g/mol. The Morgan fingerprint density at radius 3 is 2.33 bits per heavy atom. The lowest BCUT2D eigenvalue weighted by Crippen LogP contribution is -2.49. The van der Waals surface area contributed by atoms with Gasteiger partial charge in [-0.05, 0) is 29.2 Å². The smallest absolute Gasteiger partial charge is 0.233 e. The summed E-state index contributed by atoms with van der Waals surface area (Å²) < 4.78 is 0. The van der Waals surface area contributed by atoms with Gasteiger partial charge in [-0.2, -0.15) is 0 Å². The molecule has 1 amide bonds. The molecule has 1 saturated heterocycles. The quantitative estimate of drug-likeness (QED) is 0.543. The van der Waals surface area contributed by atoms with Gasteiger partial charge in [-0.3, -0.25) is 15.3 Å². The van der Waals surface area contributed by atoms with Crippen molar-refractivity contribution in [1.82, 2.24) is 4.90 Å². The van der Waals surface area contributed by atoms with E-state index in [1.807, 2.05) is 30.3 Å². The first-order chi connectivity index (χ1) is 14.6. The second-order valence-electron chi connectivity index (χ2n) is 7.85. The molecule has 0 spiro atoms. The Kier molecular flexibility index (Phi) is 4.60. The highest BCUT2D eigenvalue weighted by atomic mass is 16.2. The summed E-state index contributed by atoms with van der Waals surface area (Å²) in [6.07, 6.45) is 0.0482. The number of ketones is 1. The lowest BCUT2D eigenvalue weighted by atomic mass is 9.97. The van der Waals surface area contributed by atoms with Crippen LogP contribution in [0.2, 0.25) is 0 Å². The van der Waals surface area contributed by atoms with Crippen LogP contribution < -0.4 is 10.6 Å². The van der Waals surface area contributed by atoms with E-state index in [-0.39, 0.29) is 24.2 Å². The van der Waals surface area contributed by atoms with Crippen LogP contribution in [-0.4, -0.2) is 29.4 Å². The first-order valence-corrected chi connectivity index (χ1v) is 10.2. The molecule has 2 aliphatic heterocycles. The number of hydrogen-bond acceptors (Lipinski definition) is 4. The van der Waals surface area contributed by atoms with Crippen molar-refractivity contribution in [2.75, 3.05) is 11.4 Å². The molecule has 2 aliphatic rings. The maximum Gasteiger partial charge on any atom is 0.233 e. The van der Waals surface area contributed by atoms with Crippen LogP contribution in [0, 0.1) is 0 Å². The van der Waals surface area contributed by atoms with Crippen molar-refractivity contribution in [3.05, 3.63) is 101 Å². The molecule has 5 heteroatoms. The number of fused-ring (bicyclic) bond motifs is 5. The minimum atomic E-state index is -0.613. The SMILES string of the molecule is NC1N(C(=O)CC(=O)c2ccccc2)CC2c3ccccc3Cc3ccccc3N21. The van der Waals surface area contributed by atoms with Gasteiger partial charge >= 0.3 is 0 Å². The Bertz CT molecular complexity index is 1110. The summed E-state index contributed by atoms with van der Waals surface area (Å²) in [6.45, 7) is 0.466. The van der Waals surface area contributed by atoms with Crippen LogP contribution in [0.3, 0.4) is 0 Å². The summed E-state index contributed by atoms with van der Waals surface area (Å²) in [5.41, 5.74) is 11.8. The van der Waals surface area contributed by atoms with Gasteiger partial charge in [0, 0.05) is 17.8 Å². The van der Waals surface area contributed by atoms with Crippen LogP contribution in [0.15, 0.2) is 78.9 Å². The van der Waals surface area contributed by atoms with E-state index in [9.17, 15) is 9.59 Å². The molecule has 2 heterocycles. The third kappa shape index (κ3) is 3.08. The molecule has 3 aromatic carbocycles. The number of amides is 1. The number of carbonyl (C=O) groups is 2. The van der Waals surface area contributed by atoms with E-state index in [0.717, 1.165) is 12.1 Å². The van der Waals surface area contributed by atoms with Crippen LogP contribution in [0.4, 0.5) is 5.69 Å². The highest BCUT2D eigenvalue weighted by molar-refractivity contribution is 6.07. The van der Waals surface area contributed by atoms with Gasteiger partial charge in [0.1, 0.15) is 0 Å². The van der Waals surface area contributed by atoms with Crippen molar-refractivity contribution in [2.45, 2.75) is 25.2 Å². The van der Waals surface area contributed by atoms with E-state index in [4.69, 9.17) is 5.73 Å². The Hall–Kier alpha value is -3.44. The Labute approximate surface area is 175 Å². The largest absolute Gasteiger partial charge is 0.330 e. The van der Waals surface area contributed by atoms with E-state index in [1.54, 1.807) is 29.2 Å². The van der Waals surface area contributed by atoms with Gasteiger partial charge in [0.05, 0.1) is 12.5 Å². The zero-order chi connectivity index (χ0) is 20.7. The van der Waals surface area contributed by atoms with E-state index in [1.165, 1.54) is 16.7 Å². The molecule has 3 aromatic rings. The standard InChI is InChI=1S/C25H23N3O2/c26-25-27(24(30)15-23(29)17-8-2-1-3-9-17)16-22-20-12-6-4-10-18(20)14-19-11-5-7-13-21(19)28(22)25/h1-13,22,25H,14-16,26H2. The molecule has 150 valence electrons. The number of hydrogen-bond donors (Lipinski definition) is 1. The summed E-state index contributed by atoms with van der Waals surface area (Å²) in [6, 6.07) is 25.5. The zero-order valence-electron chi connectivity index (χ0n) is 16.6. The van der Waals surface area contributed by atoms with Crippen LogP contribution in [0.1, 0.15) is 39.5 Å². The lowest BCUT2D eigenvalue weighted by Gasteiger charge is -2.31. The minimum absolute atomic E-state index is 0.0318. The normalized spacial score (nSPS) is 19.5. The predicted octanol–water partition coefficient (Wildman–Crippen LogP) is 3.50. The van der Waals surface area contributed by atoms with Crippen molar-refractivity contribution in [3.8, 4) is 0 Å². The van der Waals surface area contributed by atoms with Crippen LogP contribution in [0.5, 0.6) is 0 Å². The summed E-state index contributed by atoms with van der Waals surface area (Å²) in [4.78, 5) is 29.4. The van der Waals surface area contributed by atoms with Crippen molar-refractivity contribution < 1.29 is 9.59 Å². The second kappa shape index (κ2) is 7.43. The van der Waals surface area contributed by atoms with Crippen LogP contribution in [-0.2, 0) is 11.2 Å². The van der Waals surface area contributed by atoms with Gasteiger partial charge in [-0.1, -0.05) is 72.8 Å². The summed E-state index contributed by atoms with van der Waals surface area (Å²) in [5.74, 6) is -0.421. The number of rotatable bonds is 3. The minimum Gasteiger partial charge on any atom is -0.330 e. The van der Waals surface area contributed by atoms with Gasteiger partial charge in [0.25, 0.3) is 0 Å². The number of benzene rings is 3. The van der Waals surface area contributed by atoms with Gasteiger partial charge in [0.15, 0.2) is 12.1 Å². The molecule has 0 saturated carbocycles. The maximum atomic E-state index is 13.1. The highest BCUT2D eigenvalue weighted by Crippen LogP contribution is 2.42. The average Bonchev–Trinajstić information content (AvgIpc) is 3.04. The molecule has 30 heavy (non-hydrogen) atoms. The van der Waals surface area contributed by atoms with Crippen molar-refractivity contribution in [3.63, 3.8) is 0 Å². The fraction of sp³-hybridized carbons (Fsp3) is 0.200. The van der Waals surface area contributed by atoms with E-state index in [0.29, 0.717) is 12.1 Å². The third-order valence-corrected chi connectivity index (χ3v) is 6.10. The molecule has 2 atom stereocenters. The van der Waals surface area contributed by atoms with Gasteiger partial charge in [0.2, 0.25) is 5.91 Å². The Morgan fingerprint density at radius 1 is 0.867 bits per heavy atom. The number of anilines is 1. The lowest BCUT2D eigenvalue weighted by molar-refractivity contribution is -0.130. The topological polar surface area (TPSA) is 66.6 Å². The fourth-order valence-corrected chi connectivity index (χ4v) is 4.63. The van der Waals surface area contributed by atoms with E-state index >= 15 is 0 Å². The zero-order valence-corrected chi connectivity index (χ0v) is 16.6. The maximum absolute atomic E-state index is 13.1. The number of carbonyl (C=O) groups excluding carboxylic acids is 2. The second-order valence-corrected chi connectivity index (χ2v) is 7.85. The summed E-state index contributed by atoms with van der Waals surface area (Å²) in [5, 5.41) is 0. The van der Waals surface area contributed by atoms with Gasteiger partial charge in [-0.25, -0.2) is 0 Å². The molecule has 0 aromatic heterocycles. The number of nitrogens with two attached hydrogens (primary N) is 1.